The zero-order valence-corrected chi connectivity index (χ0v) is 8.16. The molecule has 1 nitrogen and oxygen atoms in total. The van der Waals surface area contributed by atoms with Gasteiger partial charge in [0.1, 0.15) is 0 Å². The van der Waals surface area contributed by atoms with Crippen molar-refractivity contribution in [3.63, 3.8) is 0 Å². The molecule has 0 radical (unpaired) electrons. The summed E-state index contributed by atoms with van der Waals surface area (Å²) < 4.78 is 0. The molecule has 0 atom stereocenters. The van der Waals surface area contributed by atoms with Crippen molar-refractivity contribution in [3.8, 4) is 0 Å². The predicted molar refractivity (Wildman–Crippen MR) is 58.4 cm³/mol. The van der Waals surface area contributed by atoms with Crippen molar-refractivity contribution in [2.45, 2.75) is 19.8 Å². The fourth-order valence-electron chi connectivity index (χ4n) is 1.43. The number of nitrogens with two attached hydrogens (primary N) is 1. The van der Waals surface area contributed by atoms with Gasteiger partial charge >= 0.3 is 0 Å². The molecule has 1 aromatic carbocycles. The maximum Gasteiger partial charge on any atom is 0.0112 e. The predicted octanol–water partition coefficient (Wildman–Crippen LogP) is 2.83. The molecule has 0 aromatic heterocycles. The lowest BCUT2D eigenvalue weighted by molar-refractivity contribution is 0.969. The highest BCUT2D eigenvalue weighted by Gasteiger charge is 1.97. The topological polar surface area (TPSA) is 26.0 Å². The minimum atomic E-state index is 0.629. The van der Waals surface area contributed by atoms with Crippen LogP contribution in [-0.4, -0.2) is 6.54 Å². The Hall–Kier alpha value is -1.08. The molecule has 0 unspecified atom stereocenters. The molecule has 0 amide bonds. The van der Waals surface area contributed by atoms with Gasteiger partial charge in [-0.15, -0.1) is 0 Å². The van der Waals surface area contributed by atoms with E-state index in [1.807, 2.05) is 6.07 Å². The van der Waals surface area contributed by atoms with Crippen LogP contribution in [0.5, 0.6) is 0 Å². The van der Waals surface area contributed by atoms with Gasteiger partial charge in [0.05, 0.1) is 0 Å². The van der Waals surface area contributed by atoms with E-state index >= 15 is 0 Å². The molecular weight excluding hydrogens is 158 g/mol. The zero-order valence-electron chi connectivity index (χ0n) is 8.16. The van der Waals surface area contributed by atoms with Gasteiger partial charge in [-0.1, -0.05) is 49.8 Å². The van der Waals surface area contributed by atoms with E-state index in [1.54, 1.807) is 0 Å². The zero-order chi connectivity index (χ0) is 9.52. The molecule has 2 N–H and O–H groups in total. The lowest BCUT2D eigenvalue weighted by Crippen LogP contribution is -1.95. The molecule has 0 aliphatic heterocycles. The van der Waals surface area contributed by atoms with E-state index in [1.165, 1.54) is 17.6 Å². The SMILES string of the molecule is CCCC(=CCN)c1ccccc1. The third kappa shape index (κ3) is 3.03. The molecule has 13 heavy (non-hydrogen) atoms. The Morgan fingerprint density at radius 1 is 1.31 bits per heavy atom. The van der Waals surface area contributed by atoms with E-state index < -0.39 is 0 Å². The third-order valence-electron chi connectivity index (χ3n) is 2.03. The first kappa shape index (κ1) is 10.0. The summed E-state index contributed by atoms with van der Waals surface area (Å²) in [5, 5.41) is 0. The van der Waals surface area contributed by atoms with E-state index in [0.717, 1.165) is 6.42 Å². The summed E-state index contributed by atoms with van der Waals surface area (Å²) in [4.78, 5) is 0. The Balaban J connectivity index is 2.83. The molecule has 0 saturated heterocycles. The van der Waals surface area contributed by atoms with Crippen LogP contribution in [0.25, 0.3) is 5.57 Å². The summed E-state index contributed by atoms with van der Waals surface area (Å²) in [6.45, 7) is 2.82. The monoisotopic (exact) mass is 175 g/mol. The molecule has 0 fully saturated rings. The summed E-state index contributed by atoms with van der Waals surface area (Å²) >= 11 is 0. The highest BCUT2D eigenvalue weighted by atomic mass is 14.5. The normalized spacial score (nSPS) is 11.7. The first-order valence-electron chi connectivity index (χ1n) is 4.83. The van der Waals surface area contributed by atoms with Crippen LogP contribution in [0.1, 0.15) is 25.3 Å². The quantitative estimate of drug-likeness (QED) is 0.748. The van der Waals surface area contributed by atoms with Crippen LogP contribution in [0.4, 0.5) is 0 Å². The van der Waals surface area contributed by atoms with Crippen molar-refractivity contribution >= 4 is 5.57 Å². The summed E-state index contributed by atoms with van der Waals surface area (Å²) in [5.74, 6) is 0. The van der Waals surface area contributed by atoms with Gasteiger partial charge in [-0.25, -0.2) is 0 Å². The molecular formula is C12H17N. The van der Waals surface area contributed by atoms with E-state index in [2.05, 4.69) is 37.3 Å². The van der Waals surface area contributed by atoms with Gasteiger partial charge in [-0.05, 0) is 17.6 Å². The van der Waals surface area contributed by atoms with Crippen molar-refractivity contribution in [1.82, 2.24) is 0 Å². The first-order chi connectivity index (χ1) is 6.38. The van der Waals surface area contributed by atoms with Crippen LogP contribution >= 0.6 is 0 Å². The van der Waals surface area contributed by atoms with Gasteiger partial charge in [0.15, 0.2) is 0 Å². The smallest absolute Gasteiger partial charge is 0.0112 e. The average molecular weight is 175 g/mol. The summed E-state index contributed by atoms with van der Waals surface area (Å²) in [6, 6.07) is 10.4. The second-order valence-electron chi connectivity index (χ2n) is 3.08. The molecule has 70 valence electrons. The molecule has 0 heterocycles. The highest BCUT2D eigenvalue weighted by Crippen LogP contribution is 2.18. The van der Waals surface area contributed by atoms with Crippen molar-refractivity contribution in [3.05, 3.63) is 42.0 Å². The molecule has 1 heteroatoms. The number of benzene rings is 1. The number of hydrogen-bond donors (Lipinski definition) is 1. The summed E-state index contributed by atoms with van der Waals surface area (Å²) in [7, 11) is 0. The maximum atomic E-state index is 5.52. The third-order valence-corrected chi connectivity index (χ3v) is 2.03. The van der Waals surface area contributed by atoms with Crippen LogP contribution in [0.2, 0.25) is 0 Å². The molecule has 0 saturated carbocycles. The van der Waals surface area contributed by atoms with Crippen molar-refractivity contribution in [2.75, 3.05) is 6.54 Å². The van der Waals surface area contributed by atoms with Crippen LogP contribution in [-0.2, 0) is 0 Å². The fraction of sp³-hybridized carbons (Fsp3) is 0.333. The van der Waals surface area contributed by atoms with Crippen LogP contribution in [0.3, 0.4) is 0 Å². The van der Waals surface area contributed by atoms with Gasteiger partial charge in [0.25, 0.3) is 0 Å². The van der Waals surface area contributed by atoms with Crippen molar-refractivity contribution < 1.29 is 0 Å². The van der Waals surface area contributed by atoms with E-state index in [-0.39, 0.29) is 0 Å². The van der Waals surface area contributed by atoms with Crippen LogP contribution in [0.15, 0.2) is 36.4 Å². The Morgan fingerprint density at radius 2 is 2.00 bits per heavy atom. The number of hydrogen-bond acceptors (Lipinski definition) is 1. The largest absolute Gasteiger partial charge is 0.327 e. The Kier molecular flexibility index (Phi) is 4.27. The lowest BCUT2D eigenvalue weighted by Gasteiger charge is -2.05. The molecule has 1 rings (SSSR count). The van der Waals surface area contributed by atoms with Crippen molar-refractivity contribution in [2.24, 2.45) is 5.73 Å². The maximum absolute atomic E-state index is 5.52. The minimum absolute atomic E-state index is 0.629. The minimum Gasteiger partial charge on any atom is -0.327 e. The van der Waals surface area contributed by atoms with E-state index in [9.17, 15) is 0 Å². The second-order valence-corrected chi connectivity index (χ2v) is 3.08. The lowest BCUT2D eigenvalue weighted by atomic mass is 10.0. The van der Waals surface area contributed by atoms with Crippen LogP contribution < -0.4 is 5.73 Å². The number of allylic oxidation sites excluding steroid dienone is 1. The van der Waals surface area contributed by atoms with Gasteiger partial charge in [-0.3, -0.25) is 0 Å². The average Bonchev–Trinajstić information content (AvgIpc) is 2.19. The second kappa shape index (κ2) is 5.55. The van der Waals surface area contributed by atoms with Gasteiger partial charge in [-0.2, -0.15) is 0 Å². The molecule has 0 spiro atoms. The fourth-order valence-corrected chi connectivity index (χ4v) is 1.43. The van der Waals surface area contributed by atoms with E-state index in [4.69, 9.17) is 5.73 Å². The van der Waals surface area contributed by atoms with Crippen molar-refractivity contribution in [1.29, 1.82) is 0 Å². The Morgan fingerprint density at radius 3 is 2.54 bits per heavy atom. The summed E-state index contributed by atoms with van der Waals surface area (Å²) in [6.07, 6.45) is 4.39. The van der Waals surface area contributed by atoms with Gasteiger partial charge in [0, 0.05) is 6.54 Å². The standard InChI is InChI=1S/C12H17N/c1-2-6-11(9-10-13)12-7-4-3-5-8-12/h3-5,7-9H,2,6,10,13H2,1H3. The molecule has 0 bridgehead atoms. The highest BCUT2D eigenvalue weighted by molar-refractivity contribution is 5.65. The van der Waals surface area contributed by atoms with Crippen LogP contribution in [0, 0.1) is 0 Å². The Labute approximate surface area is 80.3 Å². The first-order valence-corrected chi connectivity index (χ1v) is 4.83. The van der Waals surface area contributed by atoms with Gasteiger partial charge < -0.3 is 5.73 Å². The van der Waals surface area contributed by atoms with Gasteiger partial charge in [0.2, 0.25) is 0 Å². The molecule has 0 aliphatic rings. The molecule has 0 aliphatic carbocycles. The van der Waals surface area contributed by atoms with E-state index in [0.29, 0.717) is 6.54 Å². The molecule has 1 aromatic rings. The summed E-state index contributed by atoms with van der Waals surface area (Å²) in [5.41, 5.74) is 8.19. The Bertz CT molecular complexity index is 262. The number of rotatable bonds is 4.